The molecule has 0 saturated heterocycles. The van der Waals surface area contributed by atoms with Gasteiger partial charge in [-0.05, 0) is 31.2 Å². The second kappa shape index (κ2) is 8.56. The number of anilines is 1. The average molecular weight is 307 g/mol. The number of amides is 1. The van der Waals surface area contributed by atoms with Crippen molar-refractivity contribution >= 4 is 29.3 Å². The molecule has 0 bridgehead atoms. The van der Waals surface area contributed by atoms with E-state index in [2.05, 4.69) is 5.32 Å². The van der Waals surface area contributed by atoms with Crippen LogP contribution in [-0.4, -0.2) is 36.8 Å². The predicted molar refractivity (Wildman–Crippen MR) is 77.3 cm³/mol. The Balaban J connectivity index is 2.35. The van der Waals surface area contributed by atoms with Gasteiger partial charge in [-0.3, -0.25) is 14.4 Å². The molecule has 1 N–H and O–H groups in total. The molecule has 1 rings (SSSR count). The SMILES string of the molecule is CC(=O)CC(=O)OCCOC(=O)c1ccc(NC(C)=O)cc1. The van der Waals surface area contributed by atoms with Crippen LogP contribution in [0, 0.1) is 0 Å². The molecule has 0 spiro atoms. The Morgan fingerprint density at radius 3 is 2.09 bits per heavy atom. The largest absolute Gasteiger partial charge is 0.462 e. The van der Waals surface area contributed by atoms with Crippen molar-refractivity contribution in [1.29, 1.82) is 0 Å². The number of hydrogen-bond donors (Lipinski definition) is 1. The van der Waals surface area contributed by atoms with Gasteiger partial charge in [-0.1, -0.05) is 0 Å². The number of carbonyl (C=O) groups is 4. The molecule has 118 valence electrons. The number of benzene rings is 1. The third-order valence-corrected chi connectivity index (χ3v) is 2.41. The van der Waals surface area contributed by atoms with Crippen LogP contribution >= 0.6 is 0 Å². The molecule has 0 heterocycles. The highest BCUT2D eigenvalue weighted by Gasteiger charge is 2.09. The van der Waals surface area contributed by atoms with Crippen molar-refractivity contribution in [2.24, 2.45) is 0 Å². The van der Waals surface area contributed by atoms with Crippen LogP contribution in [0.4, 0.5) is 5.69 Å². The van der Waals surface area contributed by atoms with E-state index in [4.69, 9.17) is 9.47 Å². The van der Waals surface area contributed by atoms with Crippen LogP contribution in [0.2, 0.25) is 0 Å². The summed E-state index contributed by atoms with van der Waals surface area (Å²) in [7, 11) is 0. The van der Waals surface area contributed by atoms with Gasteiger partial charge in [0.2, 0.25) is 5.91 Å². The van der Waals surface area contributed by atoms with Gasteiger partial charge in [0.05, 0.1) is 5.56 Å². The molecule has 22 heavy (non-hydrogen) atoms. The van der Waals surface area contributed by atoms with Crippen molar-refractivity contribution in [3.05, 3.63) is 29.8 Å². The van der Waals surface area contributed by atoms with Gasteiger partial charge >= 0.3 is 11.9 Å². The molecule has 0 aromatic heterocycles. The Bertz CT molecular complexity index is 564. The van der Waals surface area contributed by atoms with Gasteiger partial charge in [0.15, 0.2) is 0 Å². The topological polar surface area (TPSA) is 98.8 Å². The zero-order valence-electron chi connectivity index (χ0n) is 12.4. The molecule has 1 amide bonds. The third kappa shape index (κ3) is 6.65. The normalized spacial score (nSPS) is 9.73. The van der Waals surface area contributed by atoms with E-state index in [1.54, 1.807) is 12.1 Å². The van der Waals surface area contributed by atoms with Crippen molar-refractivity contribution in [3.63, 3.8) is 0 Å². The number of rotatable bonds is 7. The van der Waals surface area contributed by atoms with Crippen LogP contribution in [0.15, 0.2) is 24.3 Å². The number of hydrogen-bond acceptors (Lipinski definition) is 6. The molecule has 1 aromatic rings. The first-order valence-electron chi connectivity index (χ1n) is 6.58. The fourth-order valence-corrected chi connectivity index (χ4v) is 1.52. The van der Waals surface area contributed by atoms with Crippen molar-refractivity contribution in [1.82, 2.24) is 0 Å². The van der Waals surface area contributed by atoms with Crippen molar-refractivity contribution in [2.45, 2.75) is 20.3 Å². The molecular formula is C15H17NO6. The number of carbonyl (C=O) groups excluding carboxylic acids is 4. The molecule has 0 fully saturated rings. The second-order valence-corrected chi connectivity index (χ2v) is 4.49. The van der Waals surface area contributed by atoms with E-state index in [1.807, 2.05) is 0 Å². The zero-order chi connectivity index (χ0) is 16.5. The molecule has 7 heteroatoms. The quantitative estimate of drug-likeness (QED) is 0.463. The predicted octanol–water partition coefficient (Wildman–Crippen LogP) is 1.32. The van der Waals surface area contributed by atoms with E-state index in [9.17, 15) is 19.2 Å². The van der Waals surface area contributed by atoms with E-state index < -0.39 is 11.9 Å². The maximum Gasteiger partial charge on any atom is 0.338 e. The summed E-state index contributed by atoms with van der Waals surface area (Å²) < 4.78 is 9.63. The Kier molecular flexibility index (Phi) is 6.75. The molecule has 1 aromatic carbocycles. The summed E-state index contributed by atoms with van der Waals surface area (Å²) in [6, 6.07) is 6.17. The lowest BCUT2D eigenvalue weighted by molar-refractivity contribution is -0.146. The number of ketones is 1. The van der Waals surface area contributed by atoms with Crippen LogP contribution in [0.1, 0.15) is 30.6 Å². The fraction of sp³-hybridized carbons (Fsp3) is 0.333. The number of nitrogens with one attached hydrogen (secondary N) is 1. The van der Waals surface area contributed by atoms with E-state index in [-0.39, 0.29) is 31.3 Å². The minimum Gasteiger partial charge on any atom is -0.462 e. The fourth-order valence-electron chi connectivity index (χ4n) is 1.52. The van der Waals surface area contributed by atoms with Gasteiger partial charge in [0.1, 0.15) is 25.4 Å². The maximum absolute atomic E-state index is 11.7. The van der Waals surface area contributed by atoms with Crippen molar-refractivity contribution in [2.75, 3.05) is 18.5 Å². The summed E-state index contributed by atoms with van der Waals surface area (Å²) in [4.78, 5) is 44.3. The summed E-state index contributed by atoms with van der Waals surface area (Å²) in [5.74, 6) is -1.72. The molecule has 0 radical (unpaired) electrons. The summed E-state index contributed by atoms with van der Waals surface area (Å²) in [6.07, 6.45) is -0.293. The summed E-state index contributed by atoms with van der Waals surface area (Å²) in [5, 5.41) is 2.58. The van der Waals surface area contributed by atoms with Crippen molar-refractivity contribution in [3.8, 4) is 0 Å². The third-order valence-electron chi connectivity index (χ3n) is 2.41. The van der Waals surface area contributed by atoms with Gasteiger partial charge in [-0.25, -0.2) is 4.79 Å². The number of esters is 2. The van der Waals surface area contributed by atoms with Gasteiger partial charge in [0.25, 0.3) is 0 Å². The second-order valence-electron chi connectivity index (χ2n) is 4.49. The van der Waals surface area contributed by atoms with Crippen LogP contribution in [0.25, 0.3) is 0 Å². The Morgan fingerprint density at radius 2 is 1.55 bits per heavy atom. The molecule has 0 atom stereocenters. The zero-order valence-corrected chi connectivity index (χ0v) is 12.4. The lowest BCUT2D eigenvalue weighted by atomic mass is 10.2. The summed E-state index contributed by atoms with van der Waals surface area (Å²) in [6.45, 7) is 2.46. The molecular weight excluding hydrogens is 290 g/mol. The number of Topliss-reactive ketones (excluding diaryl/α,β-unsaturated/α-hetero) is 1. The van der Waals surface area contributed by atoms with E-state index in [0.717, 1.165) is 0 Å². The van der Waals surface area contributed by atoms with Crippen LogP contribution in [0.5, 0.6) is 0 Å². The van der Waals surface area contributed by atoms with Crippen LogP contribution in [0.3, 0.4) is 0 Å². The highest BCUT2D eigenvalue weighted by Crippen LogP contribution is 2.10. The lowest BCUT2D eigenvalue weighted by Crippen LogP contribution is -2.15. The first-order valence-corrected chi connectivity index (χ1v) is 6.58. The molecule has 0 aliphatic rings. The standard InChI is InChI=1S/C15H17NO6/c1-10(17)9-14(19)21-7-8-22-15(20)12-3-5-13(6-4-12)16-11(2)18/h3-6H,7-9H2,1-2H3,(H,16,18). The highest BCUT2D eigenvalue weighted by molar-refractivity contribution is 5.94. The maximum atomic E-state index is 11.7. The monoisotopic (exact) mass is 307 g/mol. The van der Waals surface area contributed by atoms with Crippen molar-refractivity contribution < 1.29 is 28.7 Å². The highest BCUT2D eigenvalue weighted by atomic mass is 16.6. The van der Waals surface area contributed by atoms with E-state index in [1.165, 1.54) is 26.0 Å². The van der Waals surface area contributed by atoms with Gasteiger partial charge in [-0.2, -0.15) is 0 Å². The molecule has 7 nitrogen and oxygen atoms in total. The van der Waals surface area contributed by atoms with Gasteiger partial charge in [-0.15, -0.1) is 0 Å². The minimum atomic E-state index is -0.650. The average Bonchev–Trinajstić information content (AvgIpc) is 2.42. The Hall–Kier alpha value is -2.70. The lowest BCUT2D eigenvalue weighted by Gasteiger charge is -2.07. The summed E-state index contributed by atoms with van der Waals surface area (Å²) in [5.41, 5.74) is 0.881. The molecule has 0 aliphatic carbocycles. The van der Waals surface area contributed by atoms with Crippen LogP contribution < -0.4 is 5.32 Å². The smallest absolute Gasteiger partial charge is 0.338 e. The number of ether oxygens (including phenoxy) is 2. The first kappa shape index (κ1) is 17.4. The van der Waals surface area contributed by atoms with E-state index in [0.29, 0.717) is 11.3 Å². The summed E-state index contributed by atoms with van der Waals surface area (Å²) >= 11 is 0. The Labute approximate surface area is 127 Å². The van der Waals surface area contributed by atoms with Gasteiger partial charge < -0.3 is 14.8 Å². The minimum absolute atomic E-state index is 0.101. The van der Waals surface area contributed by atoms with Crippen LogP contribution in [-0.2, 0) is 23.9 Å². The van der Waals surface area contributed by atoms with E-state index >= 15 is 0 Å². The molecule has 0 unspecified atom stereocenters. The van der Waals surface area contributed by atoms with Gasteiger partial charge in [0, 0.05) is 12.6 Å². The molecule has 0 saturated carbocycles. The Morgan fingerprint density at radius 1 is 0.955 bits per heavy atom. The molecule has 0 aliphatic heterocycles. The first-order chi connectivity index (χ1) is 10.4.